The number of hydrogen-bond acceptors (Lipinski definition) is 7. The third-order valence-corrected chi connectivity index (χ3v) is 3.93. The zero-order chi connectivity index (χ0) is 17.9. The van der Waals surface area contributed by atoms with Crippen LogP contribution in [0.15, 0.2) is 55.4 Å². The van der Waals surface area contributed by atoms with Crippen LogP contribution in [0.2, 0.25) is 0 Å². The highest BCUT2D eigenvalue weighted by atomic mass is 15.3. The van der Waals surface area contributed by atoms with Gasteiger partial charge >= 0.3 is 0 Å². The van der Waals surface area contributed by atoms with E-state index >= 15 is 0 Å². The summed E-state index contributed by atoms with van der Waals surface area (Å²) < 4.78 is 1.61. The van der Waals surface area contributed by atoms with Crippen LogP contribution in [0, 0.1) is 13.8 Å². The summed E-state index contributed by atoms with van der Waals surface area (Å²) in [5.41, 5.74) is 3.60. The standard InChI is InChI=1S/C18H16N8/c1-12-13(2)23-17(14-4-8-19-9-5-14)25-16(12)24-15-10-22-26(11-15)18-20-6-3-7-21-18/h3-11H,1-2H3,(H,23,24,25). The van der Waals surface area contributed by atoms with Crippen LogP contribution in [0.3, 0.4) is 0 Å². The lowest BCUT2D eigenvalue weighted by molar-refractivity contribution is 0.808. The van der Waals surface area contributed by atoms with E-state index in [1.165, 1.54) is 0 Å². The van der Waals surface area contributed by atoms with Gasteiger partial charge in [0.2, 0.25) is 5.95 Å². The molecule has 0 atom stereocenters. The van der Waals surface area contributed by atoms with Crippen molar-refractivity contribution < 1.29 is 0 Å². The molecule has 8 nitrogen and oxygen atoms in total. The largest absolute Gasteiger partial charge is 0.337 e. The van der Waals surface area contributed by atoms with Crippen molar-refractivity contribution in [3.63, 3.8) is 0 Å². The summed E-state index contributed by atoms with van der Waals surface area (Å²) in [5.74, 6) is 1.89. The fourth-order valence-electron chi connectivity index (χ4n) is 2.42. The molecule has 0 aromatic carbocycles. The molecular formula is C18H16N8. The van der Waals surface area contributed by atoms with Gasteiger partial charge in [0.05, 0.1) is 18.1 Å². The number of aryl methyl sites for hydroxylation is 1. The lowest BCUT2D eigenvalue weighted by Gasteiger charge is -2.11. The summed E-state index contributed by atoms with van der Waals surface area (Å²) >= 11 is 0. The second-order valence-corrected chi connectivity index (χ2v) is 5.69. The monoisotopic (exact) mass is 344 g/mol. The smallest absolute Gasteiger partial charge is 0.250 e. The SMILES string of the molecule is Cc1nc(-c2ccncc2)nc(Nc2cnn(-c3ncccn3)c2)c1C. The van der Waals surface area contributed by atoms with Crippen molar-refractivity contribution in [3.8, 4) is 17.3 Å². The molecule has 4 aromatic rings. The minimum atomic E-state index is 0.508. The normalized spacial score (nSPS) is 10.7. The highest BCUT2D eigenvalue weighted by molar-refractivity contribution is 5.63. The summed E-state index contributed by atoms with van der Waals surface area (Å²) in [5, 5.41) is 7.60. The summed E-state index contributed by atoms with van der Waals surface area (Å²) in [7, 11) is 0. The van der Waals surface area contributed by atoms with Gasteiger partial charge < -0.3 is 5.32 Å². The van der Waals surface area contributed by atoms with Gasteiger partial charge in [-0.05, 0) is 32.0 Å². The molecule has 0 unspecified atom stereocenters. The molecule has 0 fully saturated rings. The molecule has 4 aromatic heterocycles. The fraction of sp³-hybridized carbons (Fsp3) is 0.111. The molecule has 0 bridgehead atoms. The van der Waals surface area contributed by atoms with Crippen molar-refractivity contribution in [2.45, 2.75) is 13.8 Å². The van der Waals surface area contributed by atoms with Crippen molar-refractivity contribution in [2.24, 2.45) is 0 Å². The first-order valence-corrected chi connectivity index (χ1v) is 8.05. The van der Waals surface area contributed by atoms with E-state index in [0.29, 0.717) is 11.8 Å². The van der Waals surface area contributed by atoms with Crippen LogP contribution in [-0.2, 0) is 0 Å². The summed E-state index contributed by atoms with van der Waals surface area (Å²) in [6.07, 6.45) is 10.3. The van der Waals surface area contributed by atoms with Crippen LogP contribution >= 0.6 is 0 Å². The van der Waals surface area contributed by atoms with E-state index in [0.717, 1.165) is 28.3 Å². The number of rotatable bonds is 4. The van der Waals surface area contributed by atoms with Gasteiger partial charge in [-0.3, -0.25) is 4.98 Å². The molecule has 128 valence electrons. The van der Waals surface area contributed by atoms with Gasteiger partial charge in [0.25, 0.3) is 0 Å². The number of anilines is 2. The molecule has 4 heterocycles. The molecule has 0 aliphatic heterocycles. The van der Waals surface area contributed by atoms with Gasteiger partial charge in [-0.15, -0.1) is 0 Å². The lowest BCUT2D eigenvalue weighted by atomic mass is 10.2. The maximum atomic E-state index is 4.66. The van der Waals surface area contributed by atoms with Crippen molar-refractivity contribution in [2.75, 3.05) is 5.32 Å². The predicted octanol–water partition coefficient (Wildman–Crippen LogP) is 2.87. The van der Waals surface area contributed by atoms with Gasteiger partial charge in [-0.1, -0.05) is 0 Å². The molecule has 8 heteroatoms. The number of hydrogen-bond donors (Lipinski definition) is 1. The number of aromatic nitrogens is 7. The number of nitrogens with one attached hydrogen (secondary N) is 1. The molecule has 26 heavy (non-hydrogen) atoms. The van der Waals surface area contributed by atoms with Gasteiger partial charge in [-0.2, -0.15) is 5.10 Å². The van der Waals surface area contributed by atoms with Crippen LogP contribution in [0.25, 0.3) is 17.3 Å². The van der Waals surface area contributed by atoms with Crippen molar-refractivity contribution >= 4 is 11.5 Å². The molecule has 0 aliphatic rings. The first kappa shape index (κ1) is 15.8. The van der Waals surface area contributed by atoms with E-state index in [-0.39, 0.29) is 0 Å². The molecule has 0 saturated carbocycles. The highest BCUT2D eigenvalue weighted by Gasteiger charge is 2.11. The Morgan fingerprint density at radius 1 is 0.962 bits per heavy atom. The molecule has 0 spiro atoms. The van der Waals surface area contributed by atoms with Crippen LogP contribution in [0.1, 0.15) is 11.3 Å². The lowest BCUT2D eigenvalue weighted by Crippen LogP contribution is -2.03. The second-order valence-electron chi connectivity index (χ2n) is 5.69. The van der Waals surface area contributed by atoms with E-state index in [2.05, 4.69) is 35.3 Å². The minimum absolute atomic E-state index is 0.508. The molecule has 1 N–H and O–H groups in total. The summed E-state index contributed by atoms with van der Waals surface area (Å²) in [4.78, 5) is 21.6. The first-order valence-electron chi connectivity index (χ1n) is 8.05. The van der Waals surface area contributed by atoms with E-state index in [1.54, 1.807) is 41.7 Å². The summed E-state index contributed by atoms with van der Waals surface area (Å²) in [6.45, 7) is 3.95. The third-order valence-electron chi connectivity index (χ3n) is 3.93. The van der Waals surface area contributed by atoms with Crippen molar-refractivity contribution in [1.82, 2.24) is 34.7 Å². The predicted molar refractivity (Wildman–Crippen MR) is 97.2 cm³/mol. The zero-order valence-corrected chi connectivity index (χ0v) is 14.3. The second kappa shape index (κ2) is 6.67. The minimum Gasteiger partial charge on any atom is -0.337 e. The van der Waals surface area contributed by atoms with Crippen molar-refractivity contribution in [3.05, 3.63) is 66.6 Å². The van der Waals surface area contributed by atoms with Gasteiger partial charge in [-0.25, -0.2) is 24.6 Å². The third kappa shape index (κ3) is 3.12. The maximum Gasteiger partial charge on any atom is 0.250 e. The van der Waals surface area contributed by atoms with E-state index in [9.17, 15) is 0 Å². The Kier molecular flexibility index (Phi) is 4.06. The molecule has 0 aliphatic carbocycles. The average molecular weight is 344 g/mol. The van der Waals surface area contributed by atoms with E-state index in [4.69, 9.17) is 0 Å². The van der Waals surface area contributed by atoms with Crippen LogP contribution in [0.4, 0.5) is 11.5 Å². The van der Waals surface area contributed by atoms with Crippen LogP contribution in [-0.4, -0.2) is 34.7 Å². The molecular weight excluding hydrogens is 328 g/mol. The Bertz CT molecular complexity index is 1030. The Balaban J connectivity index is 1.66. The Morgan fingerprint density at radius 2 is 1.73 bits per heavy atom. The van der Waals surface area contributed by atoms with Crippen LogP contribution in [0.5, 0.6) is 0 Å². The molecule has 0 amide bonds. The van der Waals surface area contributed by atoms with Gasteiger partial charge in [0.1, 0.15) is 5.82 Å². The summed E-state index contributed by atoms with van der Waals surface area (Å²) in [6, 6.07) is 5.54. The number of nitrogens with zero attached hydrogens (tertiary/aromatic N) is 7. The molecule has 0 saturated heterocycles. The Morgan fingerprint density at radius 3 is 2.50 bits per heavy atom. The maximum absolute atomic E-state index is 4.66. The van der Waals surface area contributed by atoms with E-state index < -0.39 is 0 Å². The van der Waals surface area contributed by atoms with Gasteiger partial charge in [0.15, 0.2) is 5.82 Å². The fourth-order valence-corrected chi connectivity index (χ4v) is 2.42. The quantitative estimate of drug-likeness (QED) is 0.608. The Hall–Kier alpha value is -3.68. The van der Waals surface area contributed by atoms with Gasteiger partial charge in [0, 0.05) is 41.6 Å². The first-order chi connectivity index (χ1) is 12.7. The Labute approximate surface area is 150 Å². The van der Waals surface area contributed by atoms with Crippen LogP contribution < -0.4 is 5.32 Å². The van der Waals surface area contributed by atoms with E-state index in [1.807, 2.05) is 32.2 Å². The zero-order valence-electron chi connectivity index (χ0n) is 14.3. The topological polar surface area (TPSA) is 94.3 Å². The molecule has 4 rings (SSSR count). The van der Waals surface area contributed by atoms with Crippen molar-refractivity contribution in [1.29, 1.82) is 0 Å². The highest BCUT2D eigenvalue weighted by Crippen LogP contribution is 2.24. The average Bonchev–Trinajstić information content (AvgIpc) is 3.15. The number of pyridine rings is 1. The molecule has 0 radical (unpaired) electrons.